The van der Waals surface area contributed by atoms with E-state index in [2.05, 4.69) is 24.9 Å². The molecule has 2 heteroatoms. The van der Waals surface area contributed by atoms with Crippen LogP contribution in [-0.2, 0) is 19.4 Å². The molecule has 0 saturated heterocycles. The van der Waals surface area contributed by atoms with Gasteiger partial charge in [0.05, 0.1) is 0 Å². The summed E-state index contributed by atoms with van der Waals surface area (Å²) in [5, 5.41) is 0. The normalized spacial score (nSPS) is 11.0. The summed E-state index contributed by atoms with van der Waals surface area (Å²) >= 11 is 0. The van der Waals surface area contributed by atoms with Gasteiger partial charge in [-0.25, -0.2) is 0 Å². The molecule has 1 aromatic heterocycles. The zero-order valence-electron chi connectivity index (χ0n) is 11.5. The number of nitrogens with one attached hydrogen (secondary N) is 1. The first-order chi connectivity index (χ1) is 8.31. The van der Waals surface area contributed by atoms with Crippen LogP contribution in [-0.4, -0.2) is 4.98 Å². The van der Waals surface area contributed by atoms with Gasteiger partial charge in [-0.05, 0) is 37.3 Å². The van der Waals surface area contributed by atoms with Crippen molar-refractivity contribution in [2.75, 3.05) is 0 Å². The zero-order valence-corrected chi connectivity index (χ0v) is 11.5. The van der Waals surface area contributed by atoms with Crippen molar-refractivity contribution >= 4 is 0 Å². The Morgan fingerprint density at radius 3 is 2.24 bits per heavy atom. The lowest BCUT2D eigenvalue weighted by molar-refractivity contribution is 0.688. The molecule has 98 valence electrons. The molecule has 0 radical (unpaired) electrons. The maximum absolute atomic E-state index is 5.71. The smallest absolute Gasteiger partial charge is 0.0332 e. The van der Waals surface area contributed by atoms with Crippen LogP contribution in [0.3, 0.4) is 0 Å². The largest absolute Gasteiger partial charge is 0.361 e. The fourth-order valence-corrected chi connectivity index (χ4v) is 2.28. The number of aryl methyl sites for hydroxylation is 2. The highest BCUT2D eigenvalue weighted by molar-refractivity contribution is 5.26. The number of H-pyrrole nitrogens is 1. The highest BCUT2D eigenvalue weighted by Crippen LogP contribution is 2.17. The Morgan fingerprint density at radius 2 is 1.65 bits per heavy atom. The second-order valence-electron chi connectivity index (χ2n) is 4.92. The summed E-state index contributed by atoms with van der Waals surface area (Å²) in [7, 11) is 0. The summed E-state index contributed by atoms with van der Waals surface area (Å²) in [5.41, 5.74) is 9.86. The van der Waals surface area contributed by atoms with E-state index in [9.17, 15) is 0 Å². The topological polar surface area (TPSA) is 41.8 Å². The van der Waals surface area contributed by atoms with E-state index in [4.69, 9.17) is 5.73 Å². The summed E-state index contributed by atoms with van der Waals surface area (Å²) in [5.74, 6) is 0. The summed E-state index contributed by atoms with van der Waals surface area (Å²) < 4.78 is 0. The van der Waals surface area contributed by atoms with Crippen molar-refractivity contribution in [2.24, 2.45) is 5.73 Å². The second kappa shape index (κ2) is 8.35. The molecule has 0 amide bonds. The number of hydrogen-bond donors (Lipinski definition) is 2. The molecule has 2 nitrogen and oxygen atoms in total. The summed E-state index contributed by atoms with van der Waals surface area (Å²) in [4.78, 5) is 3.49. The molecule has 1 aromatic rings. The van der Waals surface area contributed by atoms with E-state index in [0.29, 0.717) is 6.54 Å². The summed E-state index contributed by atoms with van der Waals surface area (Å²) in [6.45, 7) is 5.14. The maximum Gasteiger partial charge on any atom is 0.0332 e. The molecule has 0 aliphatic heterocycles. The first-order valence-corrected chi connectivity index (χ1v) is 7.21. The lowest BCUT2D eigenvalue weighted by atomic mass is 10.0. The fraction of sp³-hybridized carbons (Fsp3) is 0.733. The summed E-state index contributed by atoms with van der Waals surface area (Å²) in [6, 6.07) is 2.27. The van der Waals surface area contributed by atoms with E-state index in [0.717, 1.165) is 0 Å². The standard InChI is InChI=1S/C15H28N2/c1-3-5-7-9-13-11-14(12-16)17-15(13)10-8-6-4-2/h11,17H,3-10,12,16H2,1-2H3. The van der Waals surface area contributed by atoms with Crippen LogP contribution in [0.5, 0.6) is 0 Å². The van der Waals surface area contributed by atoms with Crippen molar-refractivity contribution < 1.29 is 0 Å². The van der Waals surface area contributed by atoms with Crippen molar-refractivity contribution in [3.8, 4) is 0 Å². The molecule has 1 heterocycles. The van der Waals surface area contributed by atoms with Gasteiger partial charge in [0.25, 0.3) is 0 Å². The number of hydrogen-bond acceptors (Lipinski definition) is 1. The van der Waals surface area contributed by atoms with Crippen LogP contribution in [0.25, 0.3) is 0 Å². The second-order valence-corrected chi connectivity index (χ2v) is 4.92. The monoisotopic (exact) mass is 236 g/mol. The lowest BCUT2D eigenvalue weighted by Gasteiger charge is -2.03. The third-order valence-electron chi connectivity index (χ3n) is 3.35. The van der Waals surface area contributed by atoms with Gasteiger partial charge in [0.1, 0.15) is 0 Å². The predicted octanol–water partition coefficient (Wildman–Crippen LogP) is 3.94. The maximum atomic E-state index is 5.71. The highest BCUT2D eigenvalue weighted by atomic mass is 14.8. The highest BCUT2D eigenvalue weighted by Gasteiger charge is 2.06. The molecule has 0 bridgehead atoms. The predicted molar refractivity (Wildman–Crippen MR) is 75.1 cm³/mol. The molecular formula is C15H28N2. The molecule has 0 aliphatic carbocycles. The SMILES string of the molecule is CCCCCc1cc(CN)[nH]c1CCCCC. The van der Waals surface area contributed by atoms with Gasteiger partial charge in [0.2, 0.25) is 0 Å². The minimum Gasteiger partial charge on any atom is -0.361 e. The van der Waals surface area contributed by atoms with Crippen molar-refractivity contribution in [2.45, 2.75) is 71.8 Å². The first-order valence-electron chi connectivity index (χ1n) is 7.21. The van der Waals surface area contributed by atoms with Crippen LogP contribution in [0, 0.1) is 0 Å². The van der Waals surface area contributed by atoms with Gasteiger partial charge in [-0.2, -0.15) is 0 Å². The molecule has 0 spiro atoms. The zero-order chi connectivity index (χ0) is 12.5. The van der Waals surface area contributed by atoms with Crippen molar-refractivity contribution in [1.29, 1.82) is 0 Å². The van der Waals surface area contributed by atoms with Gasteiger partial charge in [-0.15, -0.1) is 0 Å². The molecule has 0 aliphatic rings. The Bertz CT molecular complexity index is 274. The van der Waals surface area contributed by atoms with E-state index in [1.165, 1.54) is 68.3 Å². The Hall–Kier alpha value is -0.760. The van der Waals surface area contributed by atoms with Crippen molar-refractivity contribution in [3.05, 3.63) is 23.0 Å². The van der Waals surface area contributed by atoms with Crippen LogP contribution in [0.15, 0.2) is 6.07 Å². The molecule has 0 atom stereocenters. The molecule has 0 unspecified atom stereocenters. The van der Waals surface area contributed by atoms with Crippen LogP contribution in [0.2, 0.25) is 0 Å². The molecule has 17 heavy (non-hydrogen) atoms. The quantitative estimate of drug-likeness (QED) is 0.627. The fourth-order valence-electron chi connectivity index (χ4n) is 2.28. The molecule has 0 saturated carbocycles. The number of aromatic nitrogens is 1. The number of aromatic amines is 1. The Morgan fingerprint density at radius 1 is 1.00 bits per heavy atom. The Kier molecular flexibility index (Phi) is 7.02. The molecule has 3 N–H and O–H groups in total. The Labute approximate surface area is 106 Å². The minimum atomic E-state index is 0.633. The van der Waals surface area contributed by atoms with Crippen LogP contribution in [0.1, 0.15) is 69.3 Å². The number of unbranched alkanes of at least 4 members (excludes halogenated alkanes) is 4. The minimum absolute atomic E-state index is 0.633. The van der Waals surface area contributed by atoms with E-state index < -0.39 is 0 Å². The Balaban J connectivity index is 2.54. The van der Waals surface area contributed by atoms with E-state index in [-0.39, 0.29) is 0 Å². The molecule has 1 rings (SSSR count). The lowest BCUT2D eigenvalue weighted by Crippen LogP contribution is -1.96. The van der Waals surface area contributed by atoms with Gasteiger partial charge in [-0.1, -0.05) is 39.5 Å². The molecule has 0 fully saturated rings. The van der Waals surface area contributed by atoms with Crippen molar-refractivity contribution in [3.63, 3.8) is 0 Å². The number of rotatable bonds is 9. The number of nitrogens with two attached hydrogens (primary N) is 1. The van der Waals surface area contributed by atoms with Crippen LogP contribution in [0.4, 0.5) is 0 Å². The van der Waals surface area contributed by atoms with E-state index in [1.807, 2.05) is 0 Å². The van der Waals surface area contributed by atoms with Gasteiger partial charge < -0.3 is 10.7 Å². The van der Waals surface area contributed by atoms with Gasteiger partial charge in [0, 0.05) is 17.9 Å². The molecule has 0 aromatic carbocycles. The van der Waals surface area contributed by atoms with Crippen LogP contribution >= 0.6 is 0 Å². The van der Waals surface area contributed by atoms with Gasteiger partial charge >= 0.3 is 0 Å². The third kappa shape index (κ3) is 4.95. The third-order valence-corrected chi connectivity index (χ3v) is 3.35. The average Bonchev–Trinajstić information content (AvgIpc) is 2.73. The summed E-state index contributed by atoms with van der Waals surface area (Å²) in [6.07, 6.45) is 10.2. The first kappa shape index (κ1) is 14.3. The van der Waals surface area contributed by atoms with E-state index >= 15 is 0 Å². The van der Waals surface area contributed by atoms with Crippen molar-refractivity contribution in [1.82, 2.24) is 4.98 Å². The average molecular weight is 236 g/mol. The van der Waals surface area contributed by atoms with Gasteiger partial charge in [0.15, 0.2) is 0 Å². The van der Waals surface area contributed by atoms with Crippen LogP contribution < -0.4 is 5.73 Å². The van der Waals surface area contributed by atoms with Gasteiger partial charge in [-0.3, -0.25) is 0 Å². The molecular weight excluding hydrogens is 208 g/mol. The van der Waals surface area contributed by atoms with E-state index in [1.54, 1.807) is 0 Å².